The van der Waals surface area contributed by atoms with E-state index in [0.29, 0.717) is 6.04 Å². The first-order valence-electron chi connectivity index (χ1n) is 6.92. The molecular formula is C14H24N4S. The van der Waals surface area contributed by atoms with E-state index in [4.69, 9.17) is 5.84 Å². The van der Waals surface area contributed by atoms with Crippen molar-refractivity contribution in [2.75, 3.05) is 25.1 Å². The summed E-state index contributed by atoms with van der Waals surface area (Å²) < 4.78 is 0. The van der Waals surface area contributed by atoms with Crippen LogP contribution in [-0.2, 0) is 12.8 Å². The molecule has 0 spiro atoms. The Morgan fingerprint density at radius 3 is 3.00 bits per heavy atom. The van der Waals surface area contributed by atoms with Crippen molar-refractivity contribution in [2.45, 2.75) is 31.8 Å². The molecular weight excluding hydrogens is 256 g/mol. The third-order valence-corrected chi connectivity index (χ3v) is 4.89. The lowest BCUT2D eigenvalue weighted by Crippen LogP contribution is -2.55. The molecule has 19 heavy (non-hydrogen) atoms. The molecule has 2 rings (SSSR count). The van der Waals surface area contributed by atoms with Gasteiger partial charge >= 0.3 is 0 Å². The molecule has 3 N–H and O–H groups in total. The number of aromatic nitrogens is 1. The molecule has 2 heterocycles. The topological polar surface area (TPSA) is 54.2 Å². The van der Waals surface area contributed by atoms with Crippen molar-refractivity contribution in [3.63, 3.8) is 0 Å². The molecule has 0 saturated carbocycles. The smallest absolute Gasteiger partial charge is 0.0429 e. The molecule has 4 nitrogen and oxygen atoms in total. The number of rotatable bonds is 5. The normalized spacial score (nSPS) is 22.4. The van der Waals surface area contributed by atoms with Gasteiger partial charge in [0.1, 0.15) is 0 Å². The minimum absolute atomic E-state index is 0.262. The number of hydrogen-bond acceptors (Lipinski definition) is 5. The number of hydrazine groups is 1. The lowest BCUT2D eigenvalue weighted by Gasteiger charge is -2.37. The van der Waals surface area contributed by atoms with Crippen molar-refractivity contribution in [3.05, 3.63) is 29.6 Å². The highest BCUT2D eigenvalue weighted by Crippen LogP contribution is 2.19. The summed E-state index contributed by atoms with van der Waals surface area (Å²) in [4.78, 5) is 6.94. The fourth-order valence-corrected chi connectivity index (χ4v) is 3.76. The summed E-state index contributed by atoms with van der Waals surface area (Å²) in [7, 11) is 2.18. The second-order valence-corrected chi connectivity index (χ2v) is 6.26. The summed E-state index contributed by atoms with van der Waals surface area (Å²) in [5.74, 6) is 8.11. The maximum absolute atomic E-state index is 5.76. The van der Waals surface area contributed by atoms with Crippen LogP contribution in [0.4, 0.5) is 0 Å². The second kappa shape index (κ2) is 7.24. The Hall–Kier alpha value is -0.620. The molecule has 0 aliphatic carbocycles. The van der Waals surface area contributed by atoms with E-state index in [0.717, 1.165) is 30.8 Å². The standard InChI is InChI=1S/C14H24N4S/c1-3-11-4-5-12(16-9-11)8-13(17-15)14-10-19-7-6-18(14)2/h4-5,9,13-14,17H,3,6-8,10,15H2,1-2H3. The molecule has 1 fully saturated rings. The number of hydrogen-bond donors (Lipinski definition) is 2. The van der Waals surface area contributed by atoms with Gasteiger partial charge in [0.15, 0.2) is 0 Å². The van der Waals surface area contributed by atoms with Crippen molar-refractivity contribution in [1.82, 2.24) is 15.3 Å². The van der Waals surface area contributed by atoms with E-state index in [9.17, 15) is 0 Å². The van der Waals surface area contributed by atoms with Gasteiger partial charge in [-0.3, -0.25) is 16.3 Å². The lowest BCUT2D eigenvalue weighted by atomic mass is 10.0. The first kappa shape index (κ1) is 14.8. The third kappa shape index (κ3) is 3.92. The summed E-state index contributed by atoms with van der Waals surface area (Å²) in [6.07, 6.45) is 3.89. The molecule has 2 atom stereocenters. The number of nitrogens with zero attached hydrogens (tertiary/aromatic N) is 2. The van der Waals surface area contributed by atoms with Gasteiger partial charge < -0.3 is 4.90 Å². The molecule has 0 amide bonds. The van der Waals surface area contributed by atoms with Crippen LogP contribution < -0.4 is 11.3 Å². The third-order valence-electron chi connectivity index (χ3n) is 3.84. The van der Waals surface area contributed by atoms with Crippen molar-refractivity contribution in [1.29, 1.82) is 0 Å². The first-order valence-corrected chi connectivity index (χ1v) is 8.08. The molecule has 106 valence electrons. The highest BCUT2D eigenvalue weighted by molar-refractivity contribution is 7.99. The van der Waals surface area contributed by atoms with Crippen molar-refractivity contribution in [3.8, 4) is 0 Å². The zero-order chi connectivity index (χ0) is 13.7. The molecule has 1 aromatic heterocycles. The number of likely N-dealkylation sites (N-methyl/N-ethyl adjacent to an activating group) is 1. The molecule has 2 unspecified atom stereocenters. The van der Waals surface area contributed by atoms with Gasteiger partial charge in [0.2, 0.25) is 0 Å². The van der Waals surface area contributed by atoms with E-state index >= 15 is 0 Å². The largest absolute Gasteiger partial charge is 0.300 e. The van der Waals surface area contributed by atoms with E-state index in [1.165, 1.54) is 11.3 Å². The SMILES string of the molecule is CCc1ccc(CC(NN)C2CSCCN2C)nc1. The minimum atomic E-state index is 0.262. The monoisotopic (exact) mass is 280 g/mol. The Morgan fingerprint density at radius 2 is 2.42 bits per heavy atom. The summed E-state index contributed by atoms with van der Waals surface area (Å²) >= 11 is 2.01. The Labute approximate surface area is 120 Å². The molecule has 1 aromatic rings. The molecule has 1 aliphatic rings. The van der Waals surface area contributed by atoms with Gasteiger partial charge in [-0.15, -0.1) is 0 Å². The number of nitrogens with two attached hydrogens (primary N) is 1. The van der Waals surface area contributed by atoms with Crippen molar-refractivity contribution < 1.29 is 0 Å². The van der Waals surface area contributed by atoms with Gasteiger partial charge in [-0.05, 0) is 25.1 Å². The number of thioether (sulfide) groups is 1. The number of nitrogens with one attached hydrogen (secondary N) is 1. The quantitative estimate of drug-likeness (QED) is 0.624. The van der Waals surface area contributed by atoms with Crippen LogP contribution in [0.5, 0.6) is 0 Å². The predicted octanol–water partition coefficient (Wildman–Crippen LogP) is 1.07. The van der Waals surface area contributed by atoms with Gasteiger partial charge in [-0.2, -0.15) is 11.8 Å². The van der Waals surface area contributed by atoms with Gasteiger partial charge in [0, 0.05) is 48.4 Å². The number of pyridine rings is 1. The fourth-order valence-electron chi connectivity index (χ4n) is 2.45. The van der Waals surface area contributed by atoms with Crippen LogP contribution in [0, 0.1) is 0 Å². The second-order valence-electron chi connectivity index (χ2n) is 5.11. The van der Waals surface area contributed by atoms with E-state index in [1.807, 2.05) is 18.0 Å². The Bertz CT molecular complexity index is 382. The fraction of sp³-hybridized carbons (Fsp3) is 0.643. The Morgan fingerprint density at radius 1 is 1.58 bits per heavy atom. The average Bonchev–Trinajstić information content (AvgIpc) is 2.46. The van der Waals surface area contributed by atoms with Crippen molar-refractivity contribution >= 4 is 11.8 Å². The lowest BCUT2D eigenvalue weighted by molar-refractivity contribution is 0.213. The van der Waals surface area contributed by atoms with Crippen LogP contribution in [0.3, 0.4) is 0 Å². The minimum Gasteiger partial charge on any atom is -0.300 e. The van der Waals surface area contributed by atoms with E-state index < -0.39 is 0 Å². The summed E-state index contributed by atoms with van der Waals surface area (Å²) in [6, 6.07) is 5.03. The highest BCUT2D eigenvalue weighted by Gasteiger charge is 2.27. The van der Waals surface area contributed by atoms with Crippen molar-refractivity contribution in [2.24, 2.45) is 5.84 Å². The molecule has 0 radical (unpaired) electrons. The summed E-state index contributed by atoms with van der Waals surface area (Å²) in [5, 5.41) is 0. The maximum Gasteiger partial charge on any atom is 0.0429 e. The maximum atomic E-state index is 5.76. The van der Waals surface area contributed by atoms with Crippen LogP contribution in [0.25, 0.3) is 0 Å². The molecule has 0 bridgehead atoms. The highest BCUT2D eigenvalue weighted by atomic mass is 32.2. The van der Waals surface area contributed by atoms with Crippen LogP contribution in [0.15, 0.2) is 18.3 Å². The Kier molecular flexibility index (Phi) is 5.63. The zero-order valence-corrected chi connectivity index (χ0v) is 12.6. The van der Waals surface area contributed by atoms with Gasteiger partial charge in [-0.1, -0.05) is 13.0 Å². The van der Waals surface area contributed by atoms with Crippen LogP contribution in [0.2, 0.25) is 0 Å². The van der Waals surface area contributed by atoms with E-state index in [2.05, 4.69) is 41.4 Å². The molecule has 1 aliphatic heterocycles. The average molecular weight is 280 g/mol. The van der Waals surface area contributed by atoms with Gasteiger partial charge in [-0.25, -0.2) is 0 Å². The Balaban J connectivity index is 2.00. The van der Waals surface area contributed by atoms with E-state index in [-0.39, 0.29) is 6.04 Å². The zero-order valence-electron chi connectivity index (χ0n) is 11.8. The molecule has 5 heteroatoms. The summed E-state index contributed by atoms with van der Waals surface area (Å²) in [5.41, 5.74) is 5.38. The molecule has 0 aromatic carbocycles. The predicted molar refractivity (Wildman–Crippen MR) is 82.2 cm³/mol. The van der Waals surface area contributed by atoms with Gasteiger partial charge in [0.05, 0.1) is 0 Å². The number of aryl methyl sites for hydroxylation is 1. The van der Waals surface area contributed by atoms with Crippen LogP contribution in [-0.4, -0.2) is 47.1 Å². The van der Waals surface area contributed by atoms with Crippen LogP contribution >= 0.6 is 11.8 Å². The molecule has 1 saturated heterocycles. The summed E-state index contributed by atoms with van der Waals surface area (Å²) in [6.45, 7) is 3.28. The van der Waals surface area contributed by atoms with Crippen LogP contribution in [0.1, 0.15) is 18.2 Å². The van der Waals surface area contributed by atoms with E-state index in [1.54, 1.807) is 0 Å². The van der Waals surface area contributed by atoms with Gasteiger partial charge in [0.25, 0.3) is 0 Å². The first-order chi connectivity index (χ1) is 9.24.